The summed E-state index contributed by atoms with van der Waals surface area (Å²) in [6, 6.07) is 5.84. The molecule has 0 saturated heterocycles. The molecule has 96 valence electrons. The quantitative estimate of drug-likeness (QED) is 0.463. The van der Waals surface area contributed by atoms with Gasteiger partial charge in [-0.05, 0) is 24.6 Å². The van der Waals surface area contributed by atoms with Crippen molar-refractivity contribution in [1.29, 1.82) is 0 Å². The second-order valence-electron chi connectivity index (χ2n) is 4.48. The molecule has 1 aromatic carbocycles. The smallest absolute Gasteiger partial charge is 0.162 e. The lowest BCUT2D eigenvalue weighted by molar-refractivity contribution is 0.228. The lowest BCUT2D eigenvalue weighted by Gasteiger charge is -2.06. The molecule has 0 bridgehead atoms. The fraction of sp³-hybridized carbons (Fsp3) is 0.467. The van der Waals surface area contributed by atoms with E-state index in [1.54, 1.807) is 0 Å². The molecule has 0 aromatic heterocycles. The SMILES string of the molecule is CC1COc2ccc(C#CCCCCl)cc2OC1. The Morgan fingerprint density at radius 2 is 2.06 bits per heavy atom. The third kappa shape index (κ3) is 3.58. The summed E-state index contributed by atoms with van der Waals surface area (Å²) in [5.41, 5.74) is 0.960. The maximum atomic E-state index is 5.71. The predicted octanol–water partition coefficient (Wildman–Crippen LogP) is 3.46. The Hall–Kier alpha value is -1.33. The molecule has 2 nitrogen and oxygen atoms in total. The van der Waals surface area contributed by atoms with Crippen LogP contribution in [0.3, 0.4) is 0 Å². The van der Waals surface area contributed by atoms with E-state index in [9.17, 15) is 0 Å². The summed E-state index contributed by atoms with van der Waals surface area (Å²) in [7, 11) is 0. The molecule has 0 saturated carbocycles. The van der Waals surface area contributed by atoms with E-state index in [1.165, 1.54) is 0 Å². The highest BCUT2D eigenvalue weighted by atomic mass is 35.5. The Kier molecular flexibility index (Phi) is 4.78. The van der Waals surface area contributed by atoms with Gasteiger partial charge in [0, 0.05) is 23.8 Å². The molecule has 0 amide bonds. The van der Waals surface area contributed by atoms with E-state index in [0.29, 0.717) is 25.0 Å². The van der Waals surface area contributed by atoms with Gasteiger partial charge in [-0.2, -0.15) is 0 Å². The molecule has 1 atom stereocenters. The summed E-state index contributed by atoms with van der Waals surface area (Å²) >= 11 is 5.61. The Bertz CT molecular complexity index is 459. The molecule has 2 rings (SSSR count). The van der Waals surface area contributed by atoms with Crippen LogP contribution in [-0.2, 0) is 0 Å². The van der Waals surface area contributed by atoms with Crippen LogP contribution in [0.4, 0.5) is 0 Å². The van der Waals surface area contributed by atoms with E-state index >= 15 is 0 Å². The molecular formula is C15H17ClO2. The van der Waals surface area contributed by atoms with Gasteiger partial charge >= 0.3 is 0 Å². The lowest BCUT2D eigenvalue weighted by atomic mass is 10.2. The van der Waals surface area contributed by atoms with Gasteiger partial charge in [-0.1, -0.05) is 18.8 Å². The van der Waals surface area contributed by atoms with E-state index in [4.69, 9.17) is 21.1 Å². The topological polar surface area (TPSA) is 18.5 Å². The van der Waals surface area contributed by atoms with Crippen LogP contribution < -0.4 is 9.47 Å². The highest BCUT2D eigenvalue weighted by molar-refractivity contribution is 6.17. The van der Waals surface area contributed by atoms with E-state index in [-0.39, 0.29) is 0 Å². The number of hydrogen-bond donors (Lipinski definition) is 0. The van der Waals surface area contributed by atoms with Crippen molar-refractivity contribution in [2.45, 2.75) is 19.8 Å². The number of ether oxygens (including phenoxy) is 2. The van der Waals surface area contributed by atoms with Crippen LogP contribution in [0, 0.1) is 17.8 Å². The Balaban J connectivity index is 2.09. The van der Waals surface area contributed by atoms with Crippen molar-refractivity contribution in [1.82, 2.24) is 0 Å². The maximum absolute atomic E-state index is 5.71. The predicted molar refractivity (Wildman–Crippen MR) is 73.4 cm³/mol. The van der Waals surface area contributed by atoms with Crippen LogP contribution >= 0.6 is 11.6 Å². The van der Waals surface area contributed by atoms with Gasteiger partial charge in [0.05, 0.1) is 13.2 Å². The number of hydrogen-bond acceptors (Lipinski definition) is 2. The summed E-state index contributed by atoms with van der Waals surface area (Å²) in [5, 5.41) is 0. The summed E-state index contributed by atoms with van der Waals surface area (Å²) < 4.78 is 11.4. The lowest BCUT2D eigenvalue weighted by Crippen LogP contribution is -2.12. The zero-order valence-electron chi connectivity index (χ0n) is 10.5. The average Bonchev–Trinajstić information content (AvgIpc) is 2.57. The van der Waals surface area contributed by atoms with Crippen LogP contribution in [-0.4, -0.2) is 19.1 Å². The maximum Gasteiger partial charge on any atom is 0.162 e. The van der Waals surface area contributed by atoms with E-state index in [2.05, 4.69) is 18.8 Å². The van der Waals surface area contributed by atoms with Crippen LogP contribution in [0.15, 0.2) is 18.2 Å². The fourth-order valence-corrected chi connectivity index (χ4v) is 1.78. The Morgan fingerprint density at radius 3 is 2.83 bits per heavy atom. The molecule has 18 heavy (non-hydrogen) atoms. The molecule has 0 aliphatic carbocycles. The zero-order valence-corrected chi connectivity index (χ0v) is 11.3. The highest BCUT2D eigenvalue weighted by Gasteiger charge is 2.14. The highest BCUT2D eigenvalue weighted by Crippen LogP contribution is 2.31. The first-order valence-corrected chi connectivity index (χ1v) is 6.77. The number of benzene rings is 1. The van der Waals surface area contributed by atoms with E-state index in [0.717, 1.165) is 29.9 Å². The zero-order chi connectivity index (χ0) is 12.8. The molecule has 1 aliphatic heterocycles. The number of fused-ring (bicyclic) bond motifs is 1. The van der Waals surface area contributed by atoms with Gasteiger partial charge in [0.25, 0.3) is 0 Å². The minimum absolute atomic E-state index is 0.413. The molecule has 0 fully saturated rings. The first-order valence-electron chi connectivity index (χ1n) is 6.24. The van der Waals surface area contributed by atoms with Gasteiger partial charge in [-0.3, -0.25) is 0 Å². The largest absolute Gasteiger partial charge is 0.489 e. The fourth-order valence-electron chi connectivity index (χ4n) is 1.65. The summed E-state index contributed by atoms with van der Waals surface area (Å²) in [5.74, 6) is 8.90. The van der Waals surface area contributed by atoms with E-state index < -0.39 is 0 Å². The second-order valence-corrected chi connectivity index (χ2v) is 4.86. The molecule has 1 aliphatic rings. The van der Waals surface area contributed by atoms with Crippen molar-refractivity contribution in [2.24, 2.45) is 5.92 Å². The number of alkyl halides is 1. The van der Waals surface area contributed by atoms with Crippen molar-refractivity contribution in [3.05, 3.63) is 23.8 Å². The molecule has 0 radical (unpaired) electrons. The van der Waals surface area contributed by atoms with Gasteiger partial charge in [0.1, 0.15) is 0 Å². The summed E-state index contributed by atoms with van der Waals surface area (Å²) in [6.07, 6.45) is 1.76. The molecule has 1 unspecified atom stereocenters. The van der Waals surface area contributed by atoms with Crippen molar-refractivity contribution in [2.75, 3.05) is 19.1 Å². The number of halogens is 1. The monoisotopic (exact) mass is 264 g/mol. The minimum Gasteiger partial charge on any atom is -0.489 e. The number of rotatable bonds is 2. The van der Waals surface area contributed by atoms with Crippen LogP contribution in [0.25, 0.3) is 0 Å². The average molecular weight is 265 g/mol. The van der Waals surface area contributed by atoms with Gasteiger partial charge in [-0.25, -0.2) is 0 Å². The van der Waals surface area contributed by atoms with Crippen molar-refractivity contribution in [3.8, 4) is 23.3 Å². The van der Waals surface area contributed by atoms with Crippen LogP contribution in [0.2, 0.25) is 0 Å². The first-order chi connectivity index (χ1) is 8.79. The minimum atomic E-state index is 0.413. The summed E-state index contributed by atoms with van der Waals surface area (Å²) in [4.78, 5) is 0. The summed E-state index contributed by atoms with van der Waals surface area (Å²) in [6.45, 7) is 3.50. The van der Waals surface area contributed by atoms with Crippen molar-refractivity contribution >= 4 is 11.6 Å². The van der Waals surface area contributed by atoms with E-state index in [1.807, 2.05) is 18.2 Å². The third-order valence-electron chi connectivity index (χ3n) is 2.66. The second kappa shape index (κ2) is 6.56. The standard InChI is InChI=1S/C15H17ClO2/c1-12-10-17-14-7-6-13(5-3-2-4-8-16)9-15(14)18-11-12/h6-7,9,12H,2,4,8,10-11H2,1H3. The number of unbranched alkanes of at least 4 members (excludes halogenated alkanes) is 1. The molecule has 1 aromatic rings. The van der Waals surface area contributed by atoms with Crippen LogP contribution in [0.5, 0.6) is 11.5 Å². The third-order valence-corrected chi connectivity index (χ3v) is 2.93. The van der Waals surface area contributed by atoms with Crippen LogP contribution in [0.1, 0.15) is 25.3 Å². The first kappa shape index (κ1) is 13.1. The molecule has 0 N–H and O–H groups in total. The van der Waals surface area contributed by atoms with Gasteiger partial charge < -0.3 is 9.47 Å². The Morgan fingerprint density at radius 1 is 1.28 bits per heavy atom. The van der Waals surface area contributed by atoms with Crippen molar-refractivity contribution < 1.29 is 9.47 Å². The normalized spacial score (nSPS) is 17.6. The van der Waals surface area contributed by atoms with Gasteiger partial charge in [0.2, 0.25) is 0 Å². The Labute approximate surface area is 113 Å². The molecule has 1 heterocycles. The van der Waals surface area contributed by atoms with Crippen molar-refractivity contribution in [3.63, 3.8) is 0 Å². The molecular weight excluding hydrogens is 248 g/mol. The molecule has 0 spiro atoms. The molecule has 3 heteroatoms. The van der Waals surface area contributed by atoms with Gasteiger partial charge in [-0.15, -0.1) is 11.6 Å². The van der Waals surface area contributed by atoms with Gasteiger partial charge in [0.15, 0.2) is 11.5 Å².